The topological polar surface area (TPSA) is 52.3 Å². The number of benzene rings is 3. The van der Waals surface area contributed by atoms with E-state index in [0.29, 0.717) is 22.6 Å². The number of ether oxygens (including phenoxy) is 1. The van der Waals surface area contributed by atoms with E-state index in [4.69, 9.17) is 14.1 Å². The zero-order valence-electron chi connectivity index (χ0n) is 22.5. The number of aryl methyl sites for hydroxylation is 2. The number of fused-ring (bicyclic) bond motifs is 1. The largest absolute Gasteiger partial charge is 0.465 e. The number of carbonyl (C=O) groups is 1. The number of aromatic nitrogens is 1. The average Bonchev–Trinajstić information content (AvgIpc) is 3.36. The molecule has 0 spiro atoms. The highest BCUT2D eigenvalue weighted by molar-refractivity contribution is 5.94. The van der Waals surface area contributed by atoms with Crippen LogP contribution in [0.1, 0.15) is 86.7 Å². The lowest BCUT2D eigenvalue weighted by atomic mass is 9.92. The fraction of sp³-hybridized carbons (Fsp3) is 0.394. The number of methoxy groups -OCH3 is 1. The van der Waals surface area contributed by atoms with Crippen molar-refractivity contribution < 1.29 is 13.9 Å². The molecule has 4 nitrogen and oxygen atoms in total. The number of oxazole rings is 1. The molecule has 0 amide bonds. The Kier molecular flexibility index (Phi) is 9.53. The predicted molar refractivity (Wildman–Crippen MR) is 152 cm³/mol. The number of hydrogen-bond acceptors (Lipinski definition) is 4. The Balaban J connectivity index is 1.69. The lowest BCUT2D eigenvalue weighted by molar-refractivity contribution is 0.0601. The van der Waals surface area contributed by atoms with Gasteiger partial charge in [-0.05, 0) is 72.2 Å². The van der Waals surface area contributed by atoms with Gasteiger partial charge < -0.3 is 9.15 Å². The Hall–Kier alpha value is -3.40. The van der Waals surface area contributed by atoms with E-state index in [-0.39, 0.29) is 5.97 Å². The molecule has 37 heavy (non-hydrogen) atoms. The van der Waals surface area contributed by atoms with Gasteiger partial charge in [0, 0.05) is 5.56 Å². The van der Waals surface area contributed by atoms with Crippen molar-refractivity contribution in [3.63, 3.8) is 0 Å². The predicted octanol–water partition coefficient (Wildman–Crippen LogP) is 9.19. The molecule has 0 radical (unpaired) electrons. The van der Waals surface area contributed by atoms with E-state index in [1.807, 2.05) is 6.07 Å². The van der Waals surface area contributed by atoms with Crippen molar-refractivity contribution in [3.05, 3.63) is 77.4 Å². The SMILES string of the molecule is CCCCCCc1cc(CCCCCC)cc(-c2ccccc2-c2nc3cc(C(=O)OC)ccc3o2)c1. The molecular weight excluding hydrogens is 458 g/mol. The molecule has 0 aliphatic carbocycles. The fourth-order valence-corrected chi connectivity index (χ4v) is 4.93. The molecule has 3 aromatic carbocycles. The highest BCUT2D eigenvalue weighted by Crippen LogP contribution is 2.35. The van der Waals surface area contributed by atoms with Crippen LogP contribution in [0, 0.1) is 0 Å². The van der Waals surface area contributed by atoms with E-state index >= 15 is 0 Å². The Labute approximate surface area is 221 Å². The minimum Gasteiger partial charge on any atom is -0.465 e. The van der Waals surface area contributed by atoms with Crippen molar-refractivity contribution in [1.82, 2.24) is 4.98 Å². The summed E-state index contributed by atoms with van der Waals surface area (Å²) in [7, 11) is 1.38. The van der Waals surface area contributed by atoms with Crippen LogP contribution in [0.3, 0.4) is 0 Å². The van der Waals surface area contributed by atoms with Crippen molar-refractivity contribution in [2.75, 3.05) is 7.11 Å². The van der Waals surface area contributed by atoms with Crippen LogP contribution in [-0.4, -0.2) is 18.1 Å². The van der Waals surface area contributed by atoms with Crippen LogP contribution < -0.4 is 0 Å². The first-order valence-corrected chi connectivity index (χ1v) is 13.8. The number of rotatable bonds is 13. The second-order valence-corrected chi connectivity index (χ2v) is 9.90. The van der Waals surface area contributed by atoms with Gasteiger partial charge >= 0.3 is 5.97 Å². The molecule has 0 atom stereocenters. The molecule has 0 aliphatic heterocycles. The Morgan fingerprint density at radius 2 is 1.43 bits per heavy atom. The maximum atomic E-state index is 12.0. The van der Waals surface area contributed by atoms with Crippen molar-refractivity contribution in [1.29, 1.82) is 0 Å². The highest BCUT2D eigenvalue weighted by Gasteiger charge is 2.16. The molecular formula is C33H39NO3. The maximum Gasteiger partial charge on any atom is 0.337 e. The maximum absolute atomic E-state index is 12.0. The standard InChI is InChI=1S/C33H39NO3/c1-4-6-8-10-14-24-20-25(15-11-9-7-5-2)22-27(21-24)28-16-12-13-17-29(28)32-34-30-23-26(33(35)36-3)18-19-31(30)37-32/h12-13,16-23H,4-11,14-15H2,1-3H3. The quantitative estimate of drug-likeness (QED) is 0.136. The molecule has 0 saturated heterocycles. The first kappa shape index (κ1) is 26.7. The van der Waals surface area contributed by atoms with Crippen molar-refractivity contribution in [3.8, 4) is 22.6 Å². The third-order valence-corrected chi connectivity index (χ3v) is 6.97. The van der Waals surface area contributed by atoms with E-state index < -0.39 is 0 Å². The summed E-state index contributed by atoms with van der Waals surface area (Å²) in [6, 6.07) is 20.6. The molecule has 0 fully saturated rings. The third-order valence-electron chi connectivity index (χ3n) is 6.97. The van der Waals surface area contributed by atoms with Gasteiger partial charge in [-0.25, -0.2) is 9.78 Å². The summed E-state index contributed by atoms with van der Waals surface area (Å²) >= 11 is 0. The number of carbonyl (C=O) groups excluding carboxylic acids is 1. The minimum absolute atomic E-state index is 0.380. The molecule has 4 aromatic rings. The lowest BCUT2D eigenvalue weighted by Crippen LogP contribution is -2.00. The van der Waals surface area contributed by atoms with Crippen LogP contribution in [0.25, 0.3) is 33.7 Å². The van der Waals surface area contributed by atoms with Crippen LogP contribution >= 0.6 is 0 Å². The van der Waals surface area contributed by atoms with Gasteiger partial charge in [0.25, 0.3) is 0 Å². The van der Waals surface area contributed by atoms with Gasteiger partial charge in [-0.2, -0.15) is 0 Å². The zero-order chi connectivity index (χ0) is 26.0. The van der Waals surface area contributed by atoms with Crippen molar-refractivity contribution >= 4 is 17.1 Å². The van der Waals surface area contributed by atoms with Gasteiger partial charge in [-0.3, -0.25) is 0 Å². The van der Waals surface area contributed by atoms with Gasteiger partial charge in [0.2, 0.25) is 5.89 Å². The third kappa shape index (κ3) is 6.88. The summed E-state index contributed by atoms with van der Waals surface area (Å²) in [5.41, 5.74) is 7.88. The van der Waals surface area contributed by atoms with Gasteiger partial charge in [0.1, 0.15) is 5.52 Å². The second kappa shape index (κ2) is 13.2. The summed E-state index contributed by atoms with van der Waals surface area (Å²) in [5.74, 6) is 0.180. The summed E-state index contributed by atoms with van der Waals surface area (Å²) in [6.07, 6.45) is 12.3. The van der Waals surface area contributed by atoms with Crippen LogP contribution in [0.15, 0.2) is 65.1 Å². The number of nitrogens with zero attached hydrogens (tertiary/aromatic N) is 1. The molecule has 0 unspecified atom stereocenters. The first-order valence-electron chi connectivity index (χ1n) is 13.8. The summed E-state index contributed by atoms with van der Waals surface area (Å²) in [5, 5.41) is 0. The Morgan fingerprint density at radius 1 is 0.784 bits per heavy atom. The second-order valence-electron chi connectivity index (χ2n) is 9.90. The van der Waals surface area contributed by atoms with Gasteiger partial charge in [0.05, 0.1) is 12.7 Å². The smallest absolute Gasteiger partial charge is 0.337 e. The van der Waals surface area contributed by atoms with Crippen LogP contribution in [0.2, 0.25) is 0 Å². The summed E-state index contributed by atoms with van der Waals surface area (Å²) in [6.45, 7) is 4.52. The van der Waals surface area contributed by atoms with E-state index in [2.05, 4.69) is 50.2 Å². The molecule has 4 rings (SSSR count). The van der Waals surface area contributed by atoms with Crippen LogP contribution in [0.5, 0.6) is 0 Å². The molecule has 0 bridgehead atoms. The van der Waals surface area contributed by atoms with Crippen LogP contribution in [-0.2, 0) is 17.6 Å². The van der Waals surface area contributed by atoms with E-state index in [9.17, 15) is 4.79 Å². The number of unbranched alkanes of at least 4 members (excludes halogenated alkanes) is 6. The molecule has 1 heterocycles. The summed E-state index contributed by atoms with van der Waals surface area (Å²) in [4.78, 5) is 16.7. The average molecular weight is 498 g/mol. The lowest BCUT2D eigenvalue weighted by Gasteiger charge is -2.13. The van der Waals surface area contributed by atoms with E-state index in [1.54, 1.807) is 18.2 Å². The Bertz CT molecular complexity index is 1290. The molecule has 194 valence electrons. The number of esters is 1. The normalized spacial score (nSPS) is 11.2. The van der Waals surface area contributed by atoms with Crippen molar-refractivity contribution in [2.45, 2.75) is 78.1 Å². The molecule has 4 heteroatoms. The molecule has 0 aliphatic rings. The van der Waals surface area contributed by atoms with E-state index in [1.165, 1.54) is 75.2 Å². The van der Waals surface area contributed by atoms with Crippen LogP contribution in [0.4, 0.5) is 0 Å². The molecule has 0 saturated carbocycles. The highest BCUT2D eigenvalue weighted by atomic mass is 16.5. The molecule has 1 aromatic heterocycles. The fourth-order valence-electron chi connectivity index (χ4n) is 4.93. The molecule has 0 N–H and O–H groups in total. The Morgan fingerprint density at radius 3 is 2.05 bits per heavy atom. The van der Waals surface area contributed by atoms with Gasteiger partial charge in [-0.1, -0.05) is 88.8 Å². The zero-order valence-corrected chi connectivity index (χ0v) is 22.5. The van der Waals surface area contributed by atoms with E-state index in [0.717, 1.165) is 24.0 Å². The van der Waals surface area contributed by atoms with Gasteiger partial charge in [-0.15, -0.1) is 0 Å². The van der Waals surface area contributed by atoms with Gasteiger partial charge in [0.15, 0.2) is 5.58 Å². The van der Waals surface area contributed by atoms with Crippen molar-refractivity contribution in [2.24, 2.45) is 0 Å². The number of hydrogen-bond donors (Lipinski definition) is 0. The monoisotopic (exact) mass is 497 g/mol. The summed E-state index contributed by atoms with van der Waals surface area (Å²) < 4.78 is 11.0. The minimum atomic E-state index is -0.380. The first-order chi connectivity index (χ1) is 18.1.